The molecule has 0 aromatic heterocycles. The average molecular weight is 351 g/mol. The molecule has 0 aliphatic carbocycles. The lowest BCUT2D eigenvalue weighted by atomic mass is 10.2. The molecule has 6 heteroatoms. The lowest BCUT2D eigenvalue weighted by molar-refractivity contribution is 0.113. The molecule has 5 nitrogen and oxygen atoms in total. The van der Waals surface area contributed by atoms with Crippen molar-refractivity contribution in [2.45, 2.75) is 17.4 Å². The van der Waals surface area contributed by atoms with Crippen molar-refractivity contribution in [3.63, 3.8) is 0 Å². The Labute approximate surface area is 150 Å². The van der Waals surface area contributed by atoms with E-state index in [2.05, 4.69) is 53.5 Å². The number of rotatable bonds is 7. The van der Waals surface area contributed by atoms with Gasteiger partial charge in [0.05, 0.1) is 0 Å². The summed E-state index contributed by atoms with van der Waals surface area (Å²) in [4.78, 5) is 19.9. The highest BCUT2D eigenvalue weighted by Gasteiger charge is 2.22. The van der Waals surface area contributed by atoms with E-state index in [9.17, 15) is 4.79 Å². The summed E-state index contributed by atoms with van der Waals surface area (Å²) in [5, 5.41) is 3.07. The number of carbonyl (C=O) groups is 1. The van der Waals surface area contributed by atoms with Crippen molar-refractivity contribution in [1.82, 2.24) is 20.0 Å². The second kappa shape index (κ2) is 9.91. The molecule has 1 N–H and O–H groups in total. The maximum Gasteiger partial charge on any atom is 0.317 e. The van der Waals surface area contributed by atoms with Crippen LogP contribution in [-0.2, 0) is 0 Å². The van der Waals surface area contributed by atoms with Crippen LogP contribution in [0.3, 0.4) is 0 Å². The van der Waals surface area contributed by atoms with E-state index in [1.54, 1.807) is 4.90 Å². The summed E-state index contributed by atoms with van der Waals surface area (Å²) < 4.78 is 0. The number of likely N-dealkylation sites (N-methyl/N-ethyl adjacent to an activating group) is 2. The predicted molar refractivity (Wildman–Crippen MR) is 102 cm³/mol. The van der Waals surface area contributed by atoms with Crippen LogP contribution in [0.5, 0.6) is 0 Å². The minimum atomic E-state index is 0.0290. The van der Waals surface area contributed by atoms with E-state index in [1.165, 1.54) is 4.90 Å². The minimum Gasteiger partial charge on any atom is -0.336 e. The van der Waals surface area contributed by atoms with Gasteiger partial charge in [0.15, 0.2) is 0 Å². The third kappa shape index (κ3) is 6.34. The molecule has 1 unspecified atom stereocenters. The number of carbonyl (C=O) groups excluding carboxylic acids is 1. The zero-order valence-electron chi connectivity index (χ0n) is 15.1. The number of nitrogens with zero attached hydrogens (tertiary/aromatic N) is 3. The van der Waals surface area contributed by atoms with E-state index in [-0.39, 0.29) is 6.03 Å². The van der Waals surface area contributed by atoms with Crippen molar-refractivity contribution in [2.75, 3.05) is 59.6 Å². The van der Waals surface area contributed by atoms with Crippen LogP contribution in [0.1, 0.15) is 6.42 Å². The molecule has 0 saturated carbocycles. The van der Waals surface area contributed by atoms with Gasteiger partial charge in [-0.25, -0.2) is 4.79 Å². The molecular weight excluding hydrogens is 320 g/mol. The van der Waals surface area contributed by atoms with Crippen molar-refractivity contribution >= 4 is 17.8 Å². The fraction of sp³-hybridized carbons (Fsp3) is 0.611. The third-order valence-corrected chi connectivity index (χ3v) is 5.56. The van der Waals surface area contributed by atoms with Crippen LogP contribution in [0.25, 0.3) is 0 Å². The SMILES string of the molecule is CN1CCN(C)C(CNC(=O)N(C)CCCSc2ccccc2)C1. The van der Waals surface area contributed by atoms with Crippen molar-refractivity contribution in [2.24, 2.45) is 0 Å². The predicted octanol–water partition coefficient (Wildman–Crippen LogP) is 2.06. The third-order valence-electron chi connectivity index (χ3n) is 4.47. The molecule has 0 radical (unpaired) electrons. The number of urea groups is 1. The molecule has 1 saturated heterocycles. The average Bonchev–Trinajstić information content (AvgIpc) is 2.60. The normalized spacial score (nSPS) is 19.2. The van der Waals surface area contributed by atoms with Gasteiger partial charge in [-0.05, 0) is 38.4 Å². The molecule has 1 aliphatic heterocycles. The van der Waals surface area contributed by atoms with Gasteiger partial charge >= 0.3 is 6.03 Å². The Morgan fingerprint density at radius 3 is 2.79 bits per heavy atom. The summed E-state index contributed by atoms with van der Waals surface area (Å²) in [6.45, 7) is 4.66. The van der Waals surface area contributed by atoms with Gasteiger partial charge in [-0.1, -0.05) is 18.2 Å². The lowest BCUT2D eigenvalue weighted by Crippen LogP contribution is -2.55. The highest BCUT2D eigenvalue weighted by Crippen LogP contribution is 2.17. The molecule has 0 spiro atoms. The van der Waals surface area contributed by atoms with Gasteiger partial charge in [0.2, 0.25) is 0 Å². The van der Waals surface area contributed by atoms with Gasteiger partial charge in [-0.2, -0.15) is 0 Å². The number of amides is 2. The number of hydrogen-bond donors (Lipinski definition) is 1. The maximum absolute atomic E-state index is 12.2. The maximum atomic E-state index is 12.2. The topological polar surface area (TPSA) is 38.8 Å². The first-order chi connectivity index (χ1) is 11.6. The molecule has 1 aliphatic rings. The van der Waals surface area contributed by atoms with E-state index in [4.69, 9.17) is 0 Å². The van der Waals surface area contributed by atoms with Gasteiger partial charge in [0.25, 0.3) is 0 Å². The van der Waals surface area contributed by atoms with E-state index in [0.717, 1.165) is 38.4 Å². The second-order valence-corrected chi connectivity index (χ2v) is 7.69. The highest BCUT2D eigenvalue weighted by molar-refractivity contribution is 7.99. The van der Waals surface area contributed by atoms with Gasteiger partial charge in [-0.15, -0.1) is 11.8 Å². The number of nitrogens with one attached hydrogen (secondary N) is 1. The Balaban J connectivity index is 1.61. The van der Waals surface area contributed by atoms with Crippen LogP contribution in [0.2, 0.25) is 0 Å². The van der Waals surface area contributed by atoms with E-state index >= 15 is 0 Å². The van der Waals surface area contributed by atoms with Gasteiger partial charge in [0, 0.05) is 50.7 Å². The standard InChI is InChI=1S/C18H30N4OS/c1-20-11-12-21(2)16(15-20)14-19-18(23)22(3)10-7-13-24-17-8-5-4-6-9-17/h4-6,8-9,16H,7,10-15H2,1-3H3,(H,19,23). The summed E-state index contributed by atoms with van der Waals surface area (Å²) >= 11 is 1.84. The fourth-order valence-corrected chi connectivity index (χ4v) is 3.63. The smallest absolute Gasteiger partial charge is 0.317 e. The Morgan fingerprint density at radius 1 is 1.29 bits per heavy atom. The Bertz CT molecular complexity index is 499. The molecular formula is C18H30N4OS. The summed E-state index contributed by atoms with van der Waals surface area (Å²) in [6, 6.07) is 10.8. The molecule has 1 heterocycles. The van der Waals surface area contributed by atoms with Crippen LogP contribution in [0.15, 0.2) is 35.2 Å². The first kappa shape index (κ1) is 19.1. The molecule has 134 valence electrons. The quantitative estimate of drug-likeness (QED) is 0.603. The molecule has 24 heavy (non-hydrogen) atoms. The van der Waals surface area contributed by atoms with Gasteiger partial charge in [0.1, 0.15) is 0 Å². The van der Waals surface area contributed by atoms with Crippen LogP contribution < -0.4 is 5.32 Å². The molecule has 0 bridgehead atoms. The van der Waals surface area contributed by atoms with Crippen LogP contribution in [0.4, 0.5) is 4.79 Å². The van der Waals surface area contributed by atoms with Gasteiger partial charge in [-0.3, -0.25) is 4.90 Å². The first-order valence-electron chi connectivity index (χ1n) is 8.62. The number of piperazine rings is 1. The van der Waals surface area contributed by atoms with E-state index < -0.39 is 0 Å². The Hall–Kier alpha value is -1.24. The van der Waals surface area contributed by atoms with Crippen molar-refractivity contribution in [3.05, 3.63) is 30.3 Å². The van der Waals surface area contributed by atoms with Crippen molar-refractivity contribution in [3.8, 4) is 0 Å². The summed E-state index contributed by atoms with van der Waals surface area (Å²) in [5.74, 6) is 1.03. The Morgan fingerprint density at radius 2 is 2.04 bits per heavy atom. The number of thioether (sulfide) groups is 1. The fourth-order valence-electron chi connectivity index (χ4n) is 2.77. The molecule has 2 amide bonds. The van der Waals surface area contributed by atoms with Gasteiger partial charge < -0.3 is 15.1 Å². The first-order valence-corrected chi connectivity index (χ1v) is 9.60. The molecule has 1 aromatic rings. The second-order valence-electron chi connectivity index (χ2n) is 6.52. The zero-order valence-corrected chi connectivity index (χ0v) is 15.9. The van der Waals surface area contributed by atoms with E-state index in [0.29, 0.717) is 12.6 Å². The van der Waals surface area contributed by atoms with Crippen LogP contribution >= 0.6 is 11.8 Å². The zero-order chi connectivity index (χ0) is 17.4. The van der Waals surface area contributed by atoms with E-state index in [1.807, 2.05) is 24.9 Å². The summed E-state index contributed by atoms with van der Waals surface area (Å²) in [6.07, 6.45) is 0.996. The Kier molecular flexibility index (Phi) is 7.88. The lowest BCUT2D eigenvalue weighted by Gasteiger charge is -2.37. The van der Waals surface area contributed by atoms with Crippen molar-refractivity contribution in [1.29, 1.82) is 0 Å². The molecule has 2 rings (SSSR count). The number of benzene rings is 1. The molecule has 1 atom stereocenters. The van der Waals surface area contributed by atoms with Crippen molar-refractivity contribution < 1.29 is 4.79 Å². The summed E-state index contributed by atoms with van der Waals surface area (Å²) in [5.41, 5.74) is 0. The minimum absolute atomic E-state index is 0.0290. The van der Waals surface area contributed by atoms with Crippen LogP contribution in [0, 0.1) is 0 Å². The number of hydrogen-bond acceptors (Lipinski definition) is 4. The van der Waals surface area contributed by atoms with Crippen LogP contribution in [-0.4, -0.2) is 86.4 Å². The monoisotopic (exact) mass is 350 g/mol. The summed E-state index contributed by atoms with van der Waals surface area (Å²) in [7, 11) is 6.14. The highest BCUT2D eigenvalue weighted by atomic mass is 32.2. The molecule has 1 fully saturated rings. The largest absolute Gasteiger partial charge is 0.336 e. The molecule has 1 aromatic carbocycles.